The summed E-state index contributed by atoms with van der Waals surface area (Å²) in [7, 11) is 0. The summed E-state index contributed by atoms with van der Waals surface area (Å²) >= 11 is 0. The maximum atomic E-state index is 13.3. The van der Waals surface area contributed by atoms with Crippen LogP contribution < -0.4 is 10.1 Å². The second-order valence-corrected chi connectivity index (χ2v) is 7.98. The van der Waals surface area contributed by atoms with Gasteiger partial charge in [-0.1, -0.05) is 6.07 Å². The van der Waals surface area contributed by atoms with E-state index in [-0.39, 0.29) is 12.0 Å². The number of carbonyl (C=O) groups is 1. The zero-order valence-corrected chi connectivity index (χ0v) is 18.0. The van der Waals surface area contributed by atoms with Gasteiger partial charge in [0.05, 0.1) is 23.7 Å². The number of nitrogens with one attached hydrogen (secondary N) is 1. The average molecular weight is 428 g/mol. The summed E-state index contributed by atoms with van der Waals surface area (Å²) in [4.78, 5) is 26.7. The molecule has 1 aliphatic heterocycles. The van der Waals surface area contributed by atoms with E-state index in [2.05, 4.69) is 24.8 Å². The molecule has 1 aromatic carbocycles. The highest BCUT2D eigenvalue weighted by Crippen LogP contribution is 2.27. The molecule has 2 bridgehead atoms. The van der Waals surface area contributed by atoms with Crippen LogP contribution in [0.15, 0.2) is 61.3 Å². The summed E-state index contributed by atoms with van der Waals surface area (Å²) in [6.07, 6.45) is 9.08. The number of pyridine rings is 1. The Bertz CT molecular complexity index is 1270. The van der Waals surface area contributed by atoms with Crippen LogP contribution >= 0.6 is 0 Å². The maximum absolute atomic E-state index is 13.3. The lowest BCUT2D eigenvalue weighted by atomic mass is 10.1. The van der Waals surface area contributed by atoms with Gasteiger partial charge in [0, 0.05) is 30.8 Å². The number of anilines is 1. The van der Waals surface area contributed by atoms with Gasteiger partial charge in [-0.2, -0.15) is 0 Å². The molecule has 1 N–H and O–H groups in total. The van der Waals surface area contributed by atoms with Crippen molar-refractivity contribution in [1.29, 1.82) is 0 Å². The molecule has 1 atom stereocenters. The molecule has 0 radical (unpaired) electrons. The van der Waals surface area contributed by atoms with Crippen LogP contribution in [-0.2, 0) is 6.54 Å². The molecule has 1 amide bonds. The van der Waals surface area contributed by atoms with Crippen LogP contribution in [0.5, 0.6) is 5.75 Å². The number of amides is 1. The number of rotatable bonds is 1. The molecular weight excluding hydrogens is 404 g/mol. The third-order valence-corrected chi connectivity index (χ3v) is 5.49. The van der Waals surface area contributed by atoms with Crippen LogP contribution in [0.3, 0.4) is 0 Å². The largest absolute Gasteiger partial charge is 0.490 e. The lowest BCUT2D eigenvalue weighted by molar-refractivity contribution is 0.101. The van der Waals surface area contributed by atoms with Crippen molar-refractivity contribution in [3.8, 4) is 23.0 Å². The molecule has 4 aromatic rings. The van der Waals surface area contributed by atoms with Gasteiger partial charge in [0.25, 0.3) is 5.91 Å². The van der Waals surface area contributed by atoms with Gasteiger partial charge < -0.3 is 19.2 Å². The van der Waals surface area contributed by atoms with Crippen molar-refractivity contribution in [2.45, 2.75) is 39.3 Å². The molecule has 0 fully saturated rings. The van der Waals surface area contributed by atoms with E-state index in [1.165, 1.54) is 0 Å². The van der Waals surface area contributed by atoms with E-state index in [0.717, 1.165) is 42.3 Å². The van der Waals surface area contributed by atoms with Crippen LogP contribution in [0.1, 0.15) is 35.8 Å². The number of ether oxygens (including phenoxy) is 1. The predicted molar refractivity (Wildman–Crippen MR) is 121 cm³/mol. The minimum Gasteiger partial charge on any atom is -0.490 e. The van der Waals surface area contributed by atoms with Crippen molar-refractivity contribution < 1.29 is 9.53 Å². The molecule has 3 aromatic heterocycles. The van der Waals surface area contributed by atoms with Crippen LogP contribution in [0, 0.1) is 6.92 Å². The van der Waals surface area contributed by atoms with E-state index in [1.807, 2.05) is 61.1 Å². The number of fused-ring (bicyclic) bond motifs is 5. The average Bonchev–Trinajstić information content (AvgIpc) is 3.43. The van der Waals surface area contributed by atoms with E-state index in [9.17, 15) is 4.79 Å². The van der Waals surface area contributed by atoms with Gasteiger partial charge in [-0.05, 0) is 57.0 Å². The Balaban J connectivity index is 1.56. The number of imidazole rings is 2. The number of benzene rings is 1. The van der Waals surface area contributed by atoms with Gasteiger partial charge in [0.1, 0.15) is 17.3 Å². The molecular formula is C24H24N6O2. The molecule has 32 heavy (non-hydrogen) atoms. The Morgan fingerprint density at radius 2 is 2.09 bits per heavy atom. The zero-order chi connectivity index (χ0) is 22.1. The van der Waals surface area contributed by atoms with E-state index in [0.29, 0.717) is 17.1 Å². The quantitative estimate of drug-likeness (QED) is 0.490. The first-order valence-corrected chi connectivity index (χ1v) is 10.7. The molecule has 0 aliphatic carbocycles. The third kappa shape index (κ3) is 3.99. The first-order valence-electron chi connectivity index (χ1n) is 10.7. The molecule has 0 spiro atoms. The Morgan fingerprint density at radius 1 is 1.19 bits per heavy atom. The first-order chi connectivity index (χ1) is 15.6. The minimum absolute atomic E-state index is 0.0475. The molecule has 162 valence electrons. The number of hydrogen-bond acceptors (Lipinski definition) is 5. The zero-order valence-electron chi connectivity index (χ0n) is 18.0. The van der Waals surface area contributed by atoms with Crippen molar-refractivity contribution in [3.05, 3.63) is 72.6 Å². The number of aryl methyl sites for hydroxylation is 2. The van der Waals surface area contributed by atoms with Crippen molar-refractivity contribution >= 4 is 11.7 Å². The Kier molecular flexibility index (Phi) is 5.18. The van der Waals surface area contributed by atoms with Crippen LogP contribution in [0.25, 0.3) is 17.2 Å². The third-order valence-electron chi connectivity index (χ3n) is 5.49. The molecule has 0 unspecified atom stereocenters. The summed E-state index contributed by atoms with van der Waals surface area (Å²) in [6.45, 7) is 4.77. The topological polar surface area (TPSA) is 86.9 Å². The minimum atomic E-state index is -0.282. The normalized spacial score (nSPS) is 16.3. The maximum Gasteiger partial charge on any atom is 0.260 e. The monoisotopic (exact) mass is 428 g/mol. The Labute approximate surface area is 185 Å². The highest BCUT2D eigenvalue weighted by atomic mass is 16.5. The van der Waals surface area contributed by atoms with Crippen molar-refractivity contribution in [3.63, 3.8) is 0 Å². The van der Waals surface area contributed by atoms with E-state index in [4.69, 9.17) is 4.74 Å². The second kappa shape index (κ2) is 8.30. The van der Waals surface area contributed by atoms with Crippen LogP contribution in [-0.4, -0.2) is 36.1 Å². The van der Waals surface area contributed by atoms with Crippen LogP contribution in [0.2, 0.25) is 0 Å². The molecule has 1 aliphatic rings. The first kappa shape index (κ1) is 20.0. The van der Waals surface area contributed by atoms with E-state index in [1.54, 1.807) is 18.6 Å². The summed E-state index contributed by atoms with van der Waals surface area (Å²) in [5.74, 6) is 1.51. The van der Waals surface area contributed by atoms with Gasteiger partial charge in [-0.3, -0.25) is 4.79 Å². The lowest BCUT2D eigenvalue weighted by Gasteiger charge is -2.19. The number of hydrogen-bond donors (Lipinski definition) is 1. The van der Waals surface area contributed by atoms with Gasteiger partial charge in [-0.25, -0.2) is 15.0 Å². The molecule has 8 nitrogen and oxygen atoms in total. The predicted octanol–water partition coefficient (Wildman–Crippen LogP) is 4.25. The Hall–Kier alpha value is -3.94. The van der Waals surface area contributed by atoms with Gasteiger partial charge in [0.2, 0.25) is 0 Å². The second-order valence-electron chi connectivity index (χ2n) is 7.98. The molecule has 4 heterocycles. The Morgan fingerprint density at radius 3 is 2.94 bits per heavy atom. The fourth-order valence-electron chi connectivity index (χ4n) is 3.88. The van der Waals surface area contributed by atoms with Gasteiger partial charge in [0.15, 0.2) is 5.82 Å². The fraction of sp³-hybridized carbons (Fsp3) is 0.250. The highest BCUT2D eigenvalue weighted by molar-refractivity contribution is 6.06. The smallest absolute Gasteiger partial charge is 0.260 e. The van der Waals surface area contributed by atoms with Crippen molar-refractivity contribution in [2.24, 2.45) is 0 Å². The van der Waals surface area contributed by atoms with Gasteiger partial charge in [-0.15, -0.1) is 0 Å². The highest BCUT2D eigenvalue weighted by Gasteiger charge is 2.19. The van der Waals surface area contributed by atoms with E-state index >= 15 is 0 Å². The lowest BCUT2D eigenvalue weighted by Crippen LogP contribution is -2.19. The number of nitrogens with zero attached hydrogens (tertiary/aromatic N) is 5. The summed E-state index contributed by atoms with van der Waals surface area (Å²) in [5.41, 5.74) is 2.91. The summed E-state index contributed by atoms with van der Waals surface area (Å²) in [5, 5.41) is 2.92. The standard InChI is InChI=1S/C24H24N6O2/c1-16-14-30(15-26-16)18-8-9-21-19(13-18)24(31)28-22-7-3-6-20(27-22)23-25-10-12-29(23)11-4-5-17(2)32-21/h3,6-10,12-15,17H,4-5,11H2,1-2H3,(H,27,28,31)/t17-/m0/s1. The number of aromatic nitrogens is 5. The molecule has 5 rings (SSSR count). The van der Waals surface area contributed by atoms with Gasteiger partial charge >= 0.3 is 0 Å². The van der Waals surface area contributed by atoms with E-state index < -0.39 is 0 Å². The molecule has 0 saturated carbocycles. The molecule has 0 saturated heterocycles. The summed E-state index contributed by atoms with van der Waals surface area (Å²) in [6, 6.07) is 11.1. The molecule has 8 heteroatoms. The SMILES string of the molecule is Cc1cn(-c2ccc3c(c2)C(=O)Nc2cccc(n2)-c2nccn2CCC[C@H](C)O3)cn1. The van der Waals surface area contributed by atoms with Crippen molar-refractivity contribution in [2.75, 3.05) is 5.32 Å². The van der Waals surface area contributed by atoms with Crippen molar-refractivity contribution in [1.82, 2.24) is 24.1 Å². The van der Waals surface area contributed by atoms with Crippen LogP contribution in [0.4, 0.5) is 5.82 Å². The summed E-state index contributed by atoms with van der Waals surface area (Å²) < 4.78 is 10.2. The fourth-order valence-corrected chi connectivity index (χ4v) is 3.88. The number of carbonyl (C=O) groups excluding carboxylic acids is 1.